The number of aliphatic carboxylic acids is 2. The molecule has 4 aliphatic rings. The lowest BCUT2D eigenvalue weighted by Gasteiger charge is -2.38. The summed E-state index contributed by atoms with van der Waals surface area (Å²) in [5, 5.41) is 39.6. The molecule has 0 unspecified atom stereocenters. The van der Waals surface area contributed by atoms with E-state index in [2.05, 4.69) is 41.9 Å². The molecular formula is C88H74BBrF12N4O10S4. The minimum absolute atomic E-state index is 0.0822. The highest BCUT2D eigenvalue weighted by molar-refractivity contribution is 9.10. The number of benzene rings is 8. The number of carboxylic acids is 2. The number of carbonyl (C=O) groups is 4. The SMILES string of the molecule is CCOC(=O)C1(Sc2ccnc3ccc(-c4ccccc4C(F)(F)F)cc23)CCC1.CCOC(=O)C1(Sc2ccnc3ccc(Br)cc23)CCC1.O=C(O)C1(Sc2ccnc3ccc(-c4ccccc4C(F)(F)F)cc23)CCC1.O=C(O)C1(Sc2ccnc3ccc(-c4ccccc4C(F)(F)F)cc23)CCC1.OB(O)c1ccccc1C(F)(F)F. The summed E-state index contributed by atoms with van der Waals surface area (Å²) < 4.78 is 166. The lowest BCUT2D eigenvalue weighted by Crippen LogP contribution is -2.43. The van der Waals surface area contributed by atoms with Gasteiger partial charge in [-0.25, -0.2) is 0 Å². The van der Waals surface area contributed by atoms with Crippen molar-refractivity contribution in [2.75, 3.05) is 13.2 Å². The number of nitrogens with zero attached hydrogens (tertiary/aromatic N) is 4. The number of carboxylic acid groups (broad SMARTS) is 2. The minimum Gasteiger partial charge on any atom is -0.480 e. The van der Waals surface area contributed by atoms with Crippen LogP contribution in [0.1, 0.15) is 113 Å². The first-order chi connectivity index (χ1) is 57.0. The molecule has 12 aromatic rings. The number of halogens is 13. The van der Waals surface area contributed by atoms with Crippen LogP contribution in [0.3, 0.4) is 0 Å². The van der Waals surface area contributed by atoms with E-state index < -0.39 is 90.5 Å². The largest absolute Gasteiger partial charge is 0.489 e. The Labute approximate surface area is 706 Å². The molecule has 624 valence electrons. The third-order valence-corrected chi connectivity index (χ3v) is 27.6. The second-order valence-electron chi connectivity index (χ2n) is 28.5. The van der Waals surface area contributed by atoms with Crippen LogP contribution in [-0.4, -0.2) is 103 Å². The average molecular weight is 1790 g/mol. The molecule has 4 aliphatic carbocycles. The predicted molar refractivity (Wildman–Crippen MR) is 446 cm³/mol. The van der Waals surface area contributed by atoms with Gasteiger partial charge in [-0.1, -0.05) is 113 Å². The molecule has 0 radical (unpaired) electrons. The number of rotatable bonds is 18. The second kappa shape index (κ2) is 37.3. The quantitative estimate of drug-likeness (QED) is 0.0356. The highest BCUT2D eigenvalue weighted by atomic mass is 79.9. The molecule has 0 bridgehead atoms. The number of ether oxygens (including phenoxy) is 2. The number of carbonyl (C=O) groups excluding carboxylic acids is 2. The van der Waals surface area contributed by atoms with Crippen molar-refractivity contribution in [3.8, 4) is 33.4 Å². The van der Waals surface area contributed by atoms with Crippen LogP contribution in [-0.2, 0) is 53.4 Å². The van der Waals surface area contributed by atoms with Gasteiger partial charge in [0.25, 0.3) is 0 Å². The molecule has 0 aliphatic heterocycles. The van der Waals surface area contributed by atoms with E-state index in [9.17, 15) is 82.1 Å². The van der Waals surface area contributed by atoms with Crippen LogP contribution in [0.25, 0.3) is 77.0 Å². The highest BCUT2D eigenvalue weighted by Gasteiger charge is 2.50. The van der Waals surface area contributed by atoms with Crippen LogP contribution in [0, 0.1) is 0 Å². The molecule has 4 heterocycles. The molecule has 4 aromatic heterocycles. The summed E-state index contributed by atoms with van der Waals surface area (Å²) in [5.74, 6) is -2.02. The number of fused-ring (bicyclic) bond motifs is 4. The third-order valence-electron chi connectivity index (χ3n) is 20.9. The monoisotopic (exact) mass is 1790 g/mol. The van der Waals surface area contributed by atoms with Crippen molar-refractivity contribution in [2.24, 2.45) is 0 Å². The van der Waals surface area contributed by atoms with E-state index in [0.717, 1.165) is 122 Å². The van der Waals surface area contributed by atoms with Crippen LogP contribution < -0.4 is 5.46 Å². The Morgan fingerprint density at radius 2 is 0.642 bits per heavy atom. The summed E-state index contributed by atoms with van der Waals surface area (Å²) in [6, 6.07) is 49.0. The van der Waals surface area contributed by atoms with Gasteiger partial charge in [0.1, 0.15) is 19.0 Å². The zero-order valence-electron chi connectivity index (χ0n) is 63.8. The lowest BCUT2D eigenvalue weighted by atomic mass is 9.77. The first-order valence-electron chi connectivity index (χ1n) is 37.8. The number of hydrogen-bond donors (Lipinski definition) is 4. The molecule has 4 fully saturated rings. The van der Waals surface area contributed by atoms with E-state index in [1.807, 2.05) is 31.2 Å². The first-order valence-corrected chi connectivity index (χ1v) is 41.9. The standard InChI is InChI=1S/C23H20F3NO2S.2C21H16F3NO2S.C16H16BrNO2S.C7H6BF3O2/c1-2-29-21(28)22(11-5-12-22)30-20-10-13-27-19-9-8-15(14-17(19)20)16-6-3-4-7-18(16)23(24,25)26;2*22-21(23,24)16-5-2-1-4-14(16)13-6-7-17-15(12-13)18(8-11-25-17)28-20(19(26)27)9-3-10-20;1-2-20-15(19)16(7-3-8-16)21-14-6-9-18-13-5-4-11(17)10-12(13)14;9-7(10,11)5-3-1-2-4-6(5)8(12)13/h3-4,6-10,13-14H,2,5,11-12H2,1H3;2*1-2,4-8,11-12H,3,9-10H2,(H,26,27);4-6,9-10H,2-3,7-8H2,1H3;1-4,12-13H. The number of pyridine rings is 4. The van der Waals surface area contributed by atoms with Gasteiger partial charge in [-0.2, -0.15) is 52.7 Å². The summed E-state index contributed by atoms with van der Waals surface area (Å²) in [4.78, 5) is 68.9. The van der Waals surface area contributed by atoms with Crippen LogP contribution in [0.4, 0.5) is 52.7 Å². The van der Waals surface area contributed by atoms with Gasteiger partial charge in [0.2, 0.25) is 0 Å². The molecule has 4 saturated carbocycles. The minimum atomic E-state index is -4.56. The van der Waals surface area contributed by atoms with Gasteiger partial charge in [0, 0.05) is 70.4 Å². The van der Waals surface area contributed by atoms with Gasteiger partial charge in [-0.15, -0.1) is 47.0 Å². The predicted octanol–water partition coefficient (Wildman–Crippen LogP) is 23.5. The van der Waals surface area contributed by atoms with Crippen molar-refractivity contribution < 1.29 is 102 Å². The molecule has 0 saturated heterocycles. The summed E-state index contributed by atoms with van der Waals surface area (Å²) >= 11 is 9.10. The van der Waals surface area contributed by atoms with Gasteiger partial charge in [0.15, 0.2) is 0 Å². The van der Waals surface area contributed by atoms with Crippen LogP contribution in [0.2, 0.25) is 0 Å². The Bertz CT molecular complexity index is 5600. The lowest BCUT2D eigenvalue weighted by molar-refractivity contribution is -0.149. The number of alkyl halides is 12. The van der Waals surface area contributed by atoms with Crippen molar-refractivity contribution >= 4 is 143 Å². The van der Waals surface area contributed by atoms with Crippen molar-refractivity contribution in [3.63, 3.8) is 0 Å². The molecule has 16 rings (SSSR count). The van der Waals surface area contributed by atoms with Gasteiger partial charge in [-0.05, 0) is 227 Å². The number of hydrogen-bond acceptors (Lipinski definition) is 16. The molecule has 14 nitrogen and oxygen atoms in total. The normalized spacial score (nSPS) is 15.5. The summed E-state index contributed by atoms with van der Waals surface area (Å²) in [5.41, 5.74) is 0.846. The fraction of sp³-hybridized carbons (Fsp3) is 0.273. The smallest absolute Gasteiger partial charge is 0.480 e. The number of thioether (sulfide) groups is 4. The Balaban J connectivity index is 0.000000141. The molecule has 0 spiro atoms. The van der Waals surface area contributed by atoms with Crippen molar-refractivity contribution in [2.45, 2.75) is 154 Å². The molecular weight excluding hydrogens is 1720 g/mol. The summed E-state index contributed by atoms with van der Waals surface area (Å²) in [7, 11) is -2.10. The molecule has 4 N–H and O–H groups in total. The maximum atomic E-state index is 13.5. The first kappa shape index (κ1) is 89.6. The maximum Gasteiger partial charge on any atom is 0.489 e. The highest BCUT2D eigenvalue weighted by Crippen LogP contribution is 2.55. The van der Waals surface area contributed by atoms with E-state index in [1.165, 1.54) is 83.8 Å². The molecule has 120 heavy (non-hydrogen) atoms. The van der Waals surface area contributed by atoms with Crippen molar-refractivity contribution in [3.05, 3.63) is 246 Å². The van der Waals surface area contributed by atoms with Crippen molar-refractivity contribution in [1.82, 2.24) is 19.9 Å². The van der Waals surface area contributed by atoms with E-state index in [-0.39, 0.29) is 28.6 Å². The van der Waals surface area contributed by atoms with E-state index >= 15 is 0 Å². The Kier molecular flexibility index (Phi) is 27.9. The van der Waals surface area contributed by atoms with Crippen molar-refractivity contribution in [1.29, 1.82) is 0 Å². The second-order valence-corrected chi connectivity index (χ2v) is 35.2. The zero-order chi connectivity index (χ0) is 86.2. The summed E-state index contributed by atoms with van der Waals surface area (Å²) in [6.45, 7) is 4.38. The van der Waals surface area contributed by atoms with Gasteiger partial charge < -0.3 is 29.7 Å². The van der Waals surface area contributed by atoms with Gasteiger partial charge >= 0.3 is 55.7 Å². The fourth-order valence-corrected chi connectivity index (χ4v) is 20.1. The third kappa shape index (κ3) is 20.2. The Hall–Kier alpha value is -9.70. The van der Waals surface area contributed by atoms with Gasteiger partial charge in [0.05, 0.1) is 57.5 Å². The Morgan fingerprint density at radius 1 is 0.375 bits per heavy atom. The van der Waals surface area contributed by atoms with E-state index in [0.29, 0.717) is 82.9 Å². The van der Waals surface area contributed by atoms with E-state index in [1.54, 1.807) is 128 Å². The van der Waals surface area contributed by atoms with Crippen LogP contribution in [0.5, 0.6) is 0 Å². The molecule has 0 amide bonds. The summed E-state index contributed by atoms with van der Waals surface area (Å²) in [6.07, 6.45) is -2.02. The molecule has 32 heteroatoms. The average Bonchev–Trinajstić information content (AvgIpc) is 0.520. The topological polar surface area (TPSA) is 219 Å². The maximum absolute atomic E-state index is 13.5. The van der Waals surface area contributed by atoms with Crippen LogP contribution >= 0.6 is 63.0 Å². The Morgan fingerprint density at radius 3 is 0.900 bits per heavy atom. The van der Waals surface area contributed by atoms with Gasteiger partial charge in [-0.3, -0.25) is 39.1 Å². The number of aromatic nitrogens is 4. The molecule has 0 atom stereocenters. The number of esters is 2. The molecule has 8 aromatic carbocycles. The van der Waals surface area contributed by atoms with E-state index in [4.69, 9.17) is 19.5 Å². The zero-order valence-corrected chi connectivity index (χ0v) is 68.7. The van der Waals surface area contributed by atoms with Crippen LogP contribution in [0.15, 0.2) is 243 Å². The fourth-order valence-electron chi connectivity index (χ4n) is 14.0.